The summed E-state index contributed by atoms with van der Waals surface area (Å²) in [5.74, 6) is -0.936. The van der Waals surface area contributed by atoms with Gasteiger partial charge in [0.05, 0.1) is 4.92 Å². The Morgan fingerprint density at radius 3 is 2.42 bits per heavy atom. The van der Waals surface area contributed by atoms with Crippen LogP contribution in [-0.2, 0) is 4.79 Å². The molecule has 1 aromatic rings. The summed E-state index contributed by atoms with van der Waals surface area (Å²) >= 11 is 0. The van der Waals surface area contributed by atoms with Crippen molar-refractivity contribution in [2.24, 2.45) is 0 Å². The van der Waals surface area contributed by atoms with E-state index in [0.717, 1.165) is 19.3 Å². The second-order valence-corrected chi connectivity index (χ2v) is 4.28. The molecule has 19 heavy (non-hydrogen) atoms. The minimum absolute atomic E-state index is 0.00000739. The summed E-state index contributed by atoms with van der Waals surface area (Å²) in [6.45, 7) is 2.06. The van der Waals surface area contributed by atoms with Crippen molar-refractivity contribution in [3.63, 3.8) is 0 Å². The molecule has 1 N–H and O–H groups in total. The van der Waals surface area contributed by atoms with Crippen LogP contribution in [-0.4, -0.2) is 16.0 Å². The Labute approximate surface area is 111 Å². The average molecular weight is 263 g/mol. The topological polar surface area (TPSA) is 80.4 Å². The molecule has 0 spiro atoms. The average Bonchev–Trinajstić information content (AvgIpc) is 2.38. The summed E-state index contributed by atoms with van der Waals surface area (Å²) in [4.78, 5) is 21.1. The van der Waals surface area contributed by atoms with Gasteiger partial charge < -0.3 is 5.11 Å². The van der Waals surface area contributed by atoms with Gasteiger partial charge in [0, 0.05) is 17.7 Å². The van der Waals surface area contributed by atoms with Crippen LogP contribution in [0.25, 0.3) is 6.08 Å². The fraction of sp³-hybridized carbons (Fsp3) is 0.357. The minimum Gasteiger partial charge on any atom is -0.478 e. The van der Waals surface area contributed by atoms with Crippen molar-refractivity contribution >= 4 is 17.7 Å². The van der Waals surface area contributed by atoms with Gasteiger partial charge in [0.25, 0.3) is 5.69 Å². The van der Waals surface area contributed by atoms with Gasteiger partial charge in [-0.05, 0) is 36.6 Å². The lowest BCUT2D eigenvalue weighted by molar-refractivity contribution is -0.384. The Kier molecular flexibility index (Phi) is 5.73. The molecule has 1 rings (SSSR count). The van der Waals surface area contributed by atoms with Crippen LogP contribution in [0.2, 0.25) is 0 Å². The fourth-order valence-electron chi connectivity index (χ4n) is 1.70. The standard InChI is InChI=1S/C14H17NO4/c1-2-3-4-5-12(14(16)17)10-11-6-8-13(9-7-11)15(18)19/h6-10H,2-5H2,1H3,(H,16,17). The first-order valence-corrected chi connectivity index (χ1v) is 6.23. The molecule has 0 bridgehead atoms. The van der Waals surface area contributed by atoms with Crippen molar-refractivity contribution in [3.8, 4) is 0 Å². The van der Waals surface area contributed by atoms with Crippen LogP contribution in [0.3, 0.4) is 0 Å². The van der Waals surface area contributed by atoms with E-state index in [-0.39, 0.29) is 5.69 Å². The summed E-state index contributed by atoms with van der Waals surface area (Å²) in [5.41, 5.74) is 1.00. The Bertz CT molecular complexity index is 477. The summed E-state index contributed by atoms with van der Waals surface area (Å²) in [6.07, 6.45) is 4.94. The molecule has 5 heteroatoms. The highest BCUT2D eigenvalue weighted by Gasteiger charge is 2.08. The minimum atomic E-state index is -0.936. The third kappa shape index (κ3) is 4.91. The molecule has 5 nitrogen and oxygen atoms in total. The molecule has 0 atom stereocenters. The maximum atomic E-state index is 11.1. The first-order chi connectivity index (χ1) is 9.04. The molecule has 0 aliphatic heterocycles. The first kappa shape index (κ1) is 14.9. The third-order valence-electron chi connectivity index (χ3n) is 2.77. The number of nitrogens with zero attached hydrogens (tertiary/aromatic N) is 1. The molecule has 0 aliphatic carbocycles. The second-order valence-electron chi connectivity index (χ2n) is 4.28. The molecular formula is C14H17NO4. The Hall–Kier alpha value is -2.17. The fourth-order valence-corrected chi connectivity index (χ4v) is 1.70. The SMILES string of the molecule is CCCCCC(=Cc1ccc([N+](=O)[O-])cc1)C(=O)O. The van der Waals surface area contributed by atoms with Gasteiger partial charge >= 0.3 is 5.97 Å². The maximum absolute atomic E-state index is 11.1. The van der Waals surface area contributed by atoms with Crippen molar-refractivity contribution in [3.05, 3.63) is 45.5 Å². The zero-order valence-electron chi connectivity index (χ0n) is 10.8. The largest absolute Gasteiger partial charge is 0.478 e. The van der Waals surface area contributed by atoms with Gasteiger partial charge in [0.1, 0.15) is 0 Å². The number of rotatable bonds is 7. The van der Waals surface area contributed by atoms with Gasteiger partial charge in [-0.15, -0.1) is 0 Å². The monoisotopic (exact) mass is 263 g/mol. The number of carboxylic acid groups (broad SMARTS) is 1. The van der Waals surface area contributed by atoms with Crippen molar-refractivity contribution in [1.29, 1.82) is 0 Å². The Morgan fingerprint density at radius 2 is 1.95 bits per heavy atom. The maximum Gasteiger partial charge on any atom is 0.331 e. The van der Waals surface area contributed by atoms with Gasteiger partial charge in [0.2, 0.25) is 0 Å². The zero-order chi connectivity index (χ0) is 14.3. The summed E-state index contributed by atoms with van der Waals surface area (Å²) in [5, 5.41) is 19.6. The molecule has 0 fully saturated rings. The molecule has 0 unspecified atom stereocenters. The van der Waals surface area contributed by atoms with Crippen LogP contribution in [0.15, 0.2) is 29.8 Å². The van der Waals surface area contributed by atoms with Gasteiger partial charge in [-0.3, -0.25) is 10.1 Å². The van der Waals surface area contributed by atoms with Crippen molar-refractivity contribution in [2.45, 2.75) is 32.6 Å². The van der Waals surface area contributed by atoms with E-state index in [4.69, 9.17) is 5.11 Å². The van der Waals surface area contributed by atoms with Gasteiger partial charge in [0.15, 0.2) is 0 Å². The van der Waals surface area contributed by atoms with E-state index in [2.05, 4.69) is 6.92 Å². The lowest BCUT2D eigenvalue weighted by Gasteiger charge is -2.02. The zero-order valence-corrected chi connectivity index (χ0v) is 10.8. The van der Waals surface area contributed by atoms with Gasteiger partial charge in [-0.25, -0.2) is 4.79 Å². The highest BCUT2D eigenvalue weighted by Crippen LogP contribution is 2.17. The number of nitro benzene ring substituents is 1. The van der Waals surface area contributed by atoms with Crippen molar-refractivity contribution in [2.75, 3.05) is 0 Å². The predicted octanol–water partition coefficient (Wildman–Crippen LogP) is 3.64. The van der Waals surface area contributed by atoms with Crippen LogP contribution >= 0.6 is 0 Å². The Morgan fingerprint density at radius 1 is 1.32 bits per heavy atom. The van der Waals surface area contributed by atoms with E-state index >= 15 is 0 Å². The summed E-state index contributed by atoms with van der Waals surface area (Å²) in [6, 6.07) is 5.86. The Balaban J connectivity index is 2.83. The molecular weight excluding hydrogens is 246 g/mol. The molecule has 0 heterocycles. The van der Waals surface area contributed by atoms with E-state index in [9.17, 15) is 14.9 Å². The van der Waals surface area contributed by atoms with Crippen LogP contribution in [0, 0.1) is 10.1 Å². The number of hydrogen-bond acceptors (Lipinski definition) is 3. The quantitative estimate of drug-likeness (QED) is 0.352. The molecule has 102 valence electrons. The van der Waals surface area contributed by atoms with E-state index in [1.165, 1.54) is 12.1 Å². The van der Waals surface area contributed by atoms with E-state index < -0.39 is 10.9 Å². The van der Waals surface area contributed by atoms with Crippen LogP contribution in [0.4, 0.5) is 5.69 Å². The lowest BCUT2D eigenvalue weighted by atomic mass is 10.0. The number of carbonyl (C=O) groups is 1. The van der Waals surface area contributed by atoms with E-state index in [0.29, 0.717) is 17.6 Å². The molecule has 0 amide bonds. The molecule has 1 aromatic carbocycles. The van der Waals surface area contributed by atoms with Crippen molar-refractivity contribution < 1.29 is 14.8 Å². The van der Waals surface area contributed by atoms with Gasteiger partial charge in [-0.2, -0.15) is 0 Å². The van der Waals surface area contributed by atoms with Crippen LogP contribution < -0.4 is 0 Å². The van der Waals surface area contributed by atoms with Crippen LogP contribution in [0.5, 0.6) is 0 Å². The second kappa shape index (κ2) is 7.31. The molecule has 0 radical (unpaired) electrons. The smallest absolute Gasteiger partial charge is 0.331 e. The van der Waals surface area contributed by atoms with E-state index in [1.54, 1.807) is 18.2 Å². The number of nitro groups is 1. The van der Waals surface area contributed by atoms with Crippen LogP contribution in [0.1, 0.15) is 38.2 Å². The van der Waals surface area contributed by atoms with E-state index in [1.807, 2.05) is 0 Å². The number of benzene rings is 1. The lowest BCUT2D eigenvalue weighted by Crippen LogP contribution is -2.00. The first-order valence-electron chi connectivity index (χ1n) is 6.23. The highest BCUT2D eigenvalue weighted by molar-refractivity contribution is 5.92. The number of non-ortho nitro benzene ring substituents is 1. The number of hydrogen-bond donors (Lipinski definition) is 1. The van der Waals surface area contributed by atoms with Gasteiger partial charge in [-0.1, -0.05) is 19.8 Å². The van der Waals surface area contributed by atoms with Crippen molar-refractivity contribution in [1.82, 2.24) is 0 Å². The number of carboxylic acids is 1. The number of aliphatic carboxylic acids is 1. The molecule has 0 saturated carbocycles. The summed E-state index contributed by atoms with van der Waals surface area (Å²) in [7, 11) is 0. The predicted molar refractivity (Wildman–Crippen MR) is 72.9 cm³/mol. The molecule has 0 saturated heterocycles. The third-order valence-corrected chi connectivity index (χ3v) is 2.77. The summed E-state index contributed by atoms with van der Waals surface area (Å²) < 4.78 is 0. The molecule has 0 aromatic heterocycles. The number of unbranched alkanes of at least 4 members (excludes halogenated alkanes) is 2. The molecule has 0 aliphatic rings. The highest BCUT2D eigenvalue weighted by atomic mass is 16.6. The normalized spacial score (nSPS) is 11.3.